The molecule has 4 atom stereocenters. The lowest BCUT2D eigenvalue weighted by atomic mass is 9.77. The third kappa shape index (κ3) is 1.61. The third-order valence-electron chi connectivity index (χ3n) is 4.76. The van der Waals surface area contributed by atoms with Gasteiger partial charge in [-0.2, -0.15) is 0 Å². The van der Waals surface area contributed by atoms with Crippen molar-refractivity contribution >= 4 is 11.8 Å². The summed E-state index contributed by atoms with van der Waals surface area (Å²) in [5.41, 5.74) is 0. The van der Waals surface area contributed by atoms with Crippen LogP contribution in [0.5, 0.6) is 0 Å². The summed E-state index contributed by atoms with van der Waals surface area (Å²) in [5.74, 6) is 0.299. The van der Waals surface area contributed by atoms with Crippen molar-refractivity contribution in [3.05, 3.63) is 0 Å². The van der Waals surface area contributed by atoms with Gasteiger partial charge in [-0.05, 0) is 38.6 Å². The first-order valence-corrected chi connectivity index (χ1v) is 6.59. The van der Waals surface area contributed by atoms with Crippen LogP contribution in [-0.4, -0.2) is 42.4 Å². The number of ether oxygens (including phenoxy) is 1. The number of hydrogen-bond donors (Lipinski definition) is 0. The molecule has 3 rings (SSSR count). The van der Waals surface area contributed by atoms with Gasteiger partial charge in [0.25, 0.3) is 0 Å². The summed E-state index contributed by atoms with van der Waals surface area (Å²) in [7, 11) is 1.43. The molecule has 4 heteroatoms. The lowest BCUT2D eigenvalue weighted by Gasteiger charge is -2.33. The standard InChI is InChI=1S/C13H19NO3/c1-17-13(16)8-4-5-10-9(7-8)12(15)11-3-2-6-14(10)11/h8-11H,2-7H2,1H3/t8-,9-,10+,11+/m1/s1. The van der Waals surface area contributed by atoms with E-state index in [0.717, 1.165) is 32.2 Å². The minimum atomic E-state index is -0.136. The SMILES string of the molecule is COC(=O)[C@@H]1CC[C@H]2[C@@H](C1)C(=O)[C@@H]1CCCN12. The molecule has 3 fully saturated rings. The lowest BCUT2D eigenvalue weighted by Crippen LogP contribution is -2.39. The van der Waals surface area contributed by atoms with Crippen molar-refractivity contribution in [3.63, 3.8) is 0 Å². The predicted octanol–water partition coefficient (Wildman–Crippen LogP) is 0.991. The Kier molecular flexibility index (Phi) is 2.69. The average Bonchev–Trinajstić information content (AvgIpc) is 2.92. The predicted molar refractivity (Wildman–Crippen MR) is 61.4 cm³/mol. The van der Waals surface area contributed by atoms with E-state index >= 15 is 0 Å². The summed E-state index contributed by atoms with van der Waals surface area (Å²) in [6, 6.07) is 0.581. The molecule has 2 saturated heterocycles. The fraction of sp³-hybridized carbons (Fsp3) is 0.846. The van der Waals surface area contributed by atoms with Crippen molar-refractivity contribution in [2.24, 2.45) is 11.8 Å². The molecule has 94 valence electrons. The average molecular weight is 237 g/mol. The zero-order valence-electron chi connectivity index (χ0n) is 10.2. The van der Waals surface area contributed by atoms with Crippen LogP contribution in [0.1, 0.15) is 32.1 Å². The Labute approximate surface area is 101 Å². The number of methoxy groups -OCH3 is 1. The highest BCUT2D eigenvalue weighted by Gasteiger charge is 2.52. The molecule has 2 aliphatic heterocycles. The summed E-state index contributed by atoms with van der Waals surface area (Å²) < 4.78 is 4.80. The summed E-state index contributed by atoms with van der Waals surface area (Å²) >= 11 is 0. The molecule has 17 heavy (non-hydrogen) atoms. The molecule has 4 nitrogen and oxygen atoms in total. The van der Waals surface area contributed by atoms with Gasteiger partial charge >= 0.3 is 5.97 Å². The minimum Gasteiger partial charge on any atom is -0.469 e. The maximum absolute atomic E-state index is 12.3. The fourth-order valence-corrected chi connectivity index (χ4v) is 3.98. The molecule has 0 aromatic heterocycles. The number of hydrogen-bond acceptors (Lipinski definition) is 4. The van der Waals surface area contributed by atoms with Crippen LogP contribution in [-0.2, 0) is 14.3 Å². The molecular formula is C13H19NO3. The van der Waals surface area contributed by atoms with Crippen LogP contribution >= 0.6 is 0 Å². The van der Waals surface area contributed by atoms with E-state index in [4.69, 9.17) is 4.74 Å². The first-order chi connectivity index (χ1) is 8.22. The van der Waals surface area contributed by atoms with Gasteiger partial charge < -0.3 is 4.74 Å². The van der Waals surface area contributed by atoms with Crippen LogP contribution in [0.25, 0.3) is 0 Å². The number of nitrogens with zero attached hydrogens (tertiary/aromatic N) is 1. The van der Waals surface area contributed by atoms with Crippen molar-refractivity contribution < 1.29 is 14.3 Å². The monoisotopic (exact) mass is 237 g/mol. The van der Waals surface area contributed by atoms with Crippen LogP contribution in [0.2, 0.25) is 0 Å². The number of Topliss-reactive ketones (excluding diaryl/α,β-unsaturated/α-hetero) is 1. The Bertz CT molecular complexity index is 355. The highest BCUT2D eigenvalue weighted by molar-refractivity contribution is 5.90. The number of carbonyl (C=O) groups is 2. The van der Waals surface area contributed by atoms with Crippen molar-refractivity contribution in [3.8, 4) is 0 Å². The number of fused-ring (bicyclic) bond motifs is 3. The van der Waals surface area contributed by atoms with E-state index in [1.165, 1.54) is 7.11 Å². The first-order valence-electron chi connectivity index (χ1n) is 6.59. The molecule has 0 unspecified atom stereocenters. The van der Waals surface area contributed by atoms with Crippen molar-refractivity contribution in [2.75, 3.05) is 13.7 Å². The van der Waals surface area contributed by atoms with E-state index in [-0.39, 0.29) is 23.8 Å². The summed E-state index contributed by atoms with van der Waals surface area (Å²) in [4.78, 5) is 26.2. The number of carbonyl (C=O) groups excluding carboxylic acids is 2. The van der Waals surface area contributed by atoms with E-state index in [2.05, 4.69) is 4.90 Å². The Morgan fingerprint density at radius 3 is 2.94 bits per heavy atom. The first kappa shape index (κ1) is 11.2. The van der Waals surface area contributed by atoms with E-state index in [1.807, 2.05) is 0 Å². The van der Waals surface area contributed by atoms with E-state index in [9.17, 15) is 9.59 Å². The van der Waals surface area contributed by atoms with Crippen LogP contribution < -0.4 is 0 Å². The van der Waals surface area contributed by atoms with Gasteiger partial charge in [-0.25, -0.2) is 0 Å². The molecule has 3 aliphatic rings. The maximum Gasteiger partial charge on any atom is 0.308 e. The fourth-order valence-electron chi connectivity index (χ4n) is 3.98. The summed E-state index contributed by atoms with van der Waals surface area (Å²) in [6.45, 7) is 1.07. The molecule has 0 spiro atoms. The summed E-state index contributed by atoms with van der Waals surface area (Å²) in [6.07, 6.45) is 4.75. The molecule has 2 heterocycles. The van der Waals surface area contributed by atoms with Gasteiger partial charge in [-0.3, -0.25) is 14.5 Å². The smallest absolute Gasteiger partial charge is 0.308 e. The molecule has 0 aromatic carbocycles. The molecule has 0 amide bonds. The van der Waals surface area contributed by atoms with Crippen molar-refractivity contribution in [1.82, 2.24) is 4.90 Å². The zero-order valence-corrected chi connectivity index (χ0v) is 10.2. The van der Waals surface area contributed by atoms with Gasteiger partial charge in [0.05, 0.1) is 19.1 Å². The molecule has 1 aliphatic carbocycles. The van der Waals surface area contributed by atoms with E-state index in [1.54, 1.807) is 0 Å². The normalized spacial score (nSPS) is 41.1. The van der Waals surface area contributed by atoms with Gasteiger partial charge in [0.15, 0.2) is 5.78 Å². The summed E-state index contributed by atoms with van der Waals surface area (Å²) in [5, 5.41) is 0. The maximum atomic E-state index is 12.3. The van der Waals surface area contributed by atoms with E-state index < -0.39 is 0 Å². The number of esters is 1. The number of ketones is 1. The molecule has 0 N–H and O–H groups in total. The second-order valence-electron chi connectivity index (χ2n) is 5.51. The second kappa shape index (κ2) is 4.09. The van der Waals surface area contributed by atoms with Crippen LogP contribution in [0, 0.1) is 11.8 Å². The van der Waals surface area contributed by atoms with Gasteiger partial charge in [0.1, 0.15) is 0 Å². The Balaban J connectivity index is 1.76. The van der Waals surface area contributed by atoms with Gasteiger partial charge in [-0.15, -0.1) is 0 Å². The Morgan fingerprint density at radius 2 is 2.18 bits per heavy atom. The van der Waals surface area contributed by atoms with E-state index in [0.29, 0.717) is 18.2 Å². The number of rotatable bonds is 1. The third-order valence-corrected chi connectivity index (χ3v) is 4.76. The van der Waals surface area contributed by atoms with Gasteiger partial charge in [0, 0.05) is 12.0 Å². The molecular weight excluding hydrogens is 218 g/mol. The van der Waals surface area contributed by atoms with Crippen LogP contribution in [0.3, 0.4) is 0 Å². The van der Waals surface area contributed by atoms with Gasteiger partial charge in [-0.1, -0.05) is 0 Å². The minimum absolute atomic E-state index is 0.0507. The largest absolute Gasteiger partial charge is 0.469 e. The second-order valence-corrected chi connectivity index (χ2v) is 5.51. The Hall–Kier alpha value is -0.900. The highest BCUT2D eigenvalue weighted by Crippen LogP contribution is 2.43. The van der Waals surface area contributed by atoms with Crippen molar-refractivity contribution in [2.45, 2.75) is 44.2 Å². The highest BCUT2D eigenvalue weighted by atomic mass is 16.5. The molecule has 0 aromatic rings. The van der Waals surface area contributed by atoms with Gasteiger partial charge in [0.2, 0.25) is 0 Å². The molecule has 1 saturated carbocycles. The lowest BCUT2D eigenvalue weighted by molar-refractivity contribution is -0.147. The zero-order chi connectivity index (χ0) is 12.0. The molecule has 0 radical (unpaired) electrons. The quantitative estimate of drug-likeness (QED) is 0.638. The van der Waals surface area contributed by atoms with Crippen LogP contribution in [0.4, 0.5) is 0 Å². The van der Waals surface area contributed by atoms with Crippen molar-refractivity contribution in [1.29, 1.82) is 0 Å². The molecule has 0 bridgehead atoms. The Morgan fingerprint density at radius 1 is 1.35 bits per heavy atom. The topological polar surface area (TPSA) is 46.6 Å². The van der Waals surface area contributed by atoms with Crippen LogP contribution in [0.15, 0.2) is 0 Å².